The summed E-state index contributed by atoms with van der Waals surface area (Å²) in [5.41, 5.74) is 2.69. The van der Waals surface area contributed by atoms with E-state index in [1.54, 1.807) is 6.07 Å². The Balaban J connectivity index is 1.84. The molecular formula is C15H8Cl4N4. The number of halogens is 4. The van der Waals surface area contributed by atoms with Crippen LogP contribution in [-0.2, 0) is 0 Å². The first-order valence-corrected chi connectivity index (χ1v) is 7.91. The minimum atomic E-state index is 0.0256. The molecule has 0 saturated carbocycles. The summed E-state index contributed by atoms with van der Waals surface area (Å²) in [5, 5.41) is 4.23. The minimum absolute atomic E-state index is 0.0256. The molecule has 23 heavy (non-hydrogen) atoms. The van der Waals surface area contributed by atoms with Gasteiger partial charge in [-0.3, -0.25) is 0 Å². The van der Waals surface area contributed by atoms with Crippen LogP contribution in [0.4, 0.5) is 11.6 Å². The number of aromatic nitrogens is 3. The maximum absolute atomic E-state index is 6.02. The zero-order chi connectivity index (χ0) is 16.4. The maximum Gasteiger partial charge on any atom is 0.232 e. The Morgan fingerprint density at radius 3 is 1.78 bits per heavy atom. The molecule has 0 aliphatic carbocycles. The van der Waals surface area contributed by atoms with E-state index in [-0.39, 0.29) is 16.5 Å². The van der Waals surface area contributed by atoms with Gasteiger partial charge in [-0.25, -0.2) is 0 Å². The van der Waals surface area contributed by atoms with E-state index < -0.39 is 0 Å². The third-order valence-corrected chi connectivity index (χ3v) is 3.69. The SMILES string of the molecule is Clc1cc(Cl)cc(-c2ccc(Nc3nc(Cl)nc(Cl)n3)cc2)c1. The Morgan fingerprint density at radius 2 is 1.22 bits per heavy atom. The van der Waals surface area contributed by atoms with Crippen LogP contribution in [0.5, 0.6) is 0 Å². The molecule has 0 amide bonds. The van der Waals surface area contributed by atoms with Crippen LogP contribution in [0, 0.1) is 0 Å². The second kappa shape index (κ2) is 6.89. The molecule has 0 atom stereocenters. The number of nitrogens with zero attached hydrogens (tertiary/aromatic N) is 3. The van der Waals surface area contributed by atoms with Gasteiger partial charge in [0.25, 0.3) is 0 Å². The Labute approximate surface area is 152 Å². The molecule has 116 valence electrons. The van der Waals surface area contributed by atoms with Crippen molar-refractivity contribution in [3.63, 3.8) is 0 Å². The van der Waals surface area contributed by atoms with Crippen molar-refractivity contribution in [3.8, 4) is 11.1 Å². The third kappa shape index (κ3) is 4.24. The van der Waals surface area contributed by atoms with Gasteiger partial charge in [-0.05, 0) is 64.7 Å². The quantitative estimate of drug-likeness (QED) is 0.610. The van der Waals surface area contributed by atoms with E-state index in [0.29, 0.717) is 10.0 Å². The molecule has 0 saturated heterocycles. The first-order valence-electron chi connectivity index (χ1n) is 6.40. The number of hydrogen-bond donors (Lipinski definition) is 1. The van der Waals surface area contributed by atoms with Gasteiger partial charge in [0.1, 0.15) is 0 Å². The summed E-state index contributed by atoms with van der Waals surface area (Å²) in [7, 11) is 0. The van der Waals surface area contributed by atoms with E-state index in [0.717, 1.165) is 16.8 Å². The molecule has 1 N–H and O–H groups in total. The van der Waals surface area contributed by atoms with Crippen molar-refractivity contribution in [2.45, 2.75) is 0 Å². The average Bonchev–Trinajstić information content (AvgIpc) is 2.46. The van der Waals surface area contributed by atoms with Crippen LogP contribution >= 0.6 is 46.4 Å². The highest BCUT2D eigenvalue weighted by atomic mass is 35.5. The molecule has 2 aromatic carbocycles. The van der Waals surface area contributed by atoms with Gasteiger partial charge >= 0.3 is 0 Å². The number of nitrogens with one attached hydrogen (secondary N) is 1. The Morgan fingerprint density at radius 1 is 0.652 bits per heavy atom. The van der Waals surface area contributed by atoms with E-state index in [2.05, 4.69) is 20.3 Å². The largest absolute Gasteiger partial charge is 0.324 e. The molecule has 0 radical (unpaired) electrons. The van der Waals surface area contributed by atoms with Crippen molar-refractivity contribution in [2.24, 2.45) is 0 Å². The highest BCUT2D eigenvalue weighted by molar-refractivity contribution is 6.35. The van der Waals surface area contributed by atoms with Crippen molar-refractivity contribution in [2.75, 3.05) is 5.32 Å². The first-order chi connectivity index (χ1) is 11.0. The molecule has 4 nitrogen and oxygen atoms in total. The molecule has 3 rings (SSSR count). The molecule has 8 heteroatoms. The predicted octanol–water partition coefficient (Wildman–Crippen LogP) is 5.90. The fourth-order valence-corrected chi connectivity index (χ4v) is 2.87. The second-order valence-corrected chi connectivity index (χ2v) is 6.11. The van der Waals surface area contributed by atoms with E-state index in [9.17, 15) is 0 Å². The summed E-state index contributed by atoms with van der Waals surface area (Å²) in [6.07, 6.45) is 0. The average molecular weight is 386 g/mol. The molecule has 0 bridgehead atoms. The molecular weight excluding hydrogens is 378 g/mol. The fourth-order valence-electron chi connectivity index (χ4n) is 1.98. The molecule has 1 aromatic heterocycles. The van der Waals surface area contributed by atoms with Crippen molar-refractivity contribution in [1.29, 1.82) is 0 Å². The summed E-state index contributed by atoms with van der Waals surface area (Å²) in [4.78, 5) is 11.6. The lowest BCUT2D eigenvalue weighted by Crippen LogP contribution is -1.99. The molecule has 3 aromatic rings. The maximum atomic E-state index is 6.02. The highest BCUT2D eigenvalue weighted by Crippen LogP contribution is 2.28. The van der Waals surface area contributed by atoms with Crippen molar-refractivity contribution >= 4 is 58.0 Å². The monoisotopic (exact) mass is 384 g/mol. The number of anilines is 2. The van der Waals surface area contributed by atoms with Gasteiger partial charge in [-0.15, -0.1) is 0 Å². The minimum Gasteiger partial charge on any atom is -0.324 e. The van der Waals surface area contributed by atoms with Gasteiger partial charge in [0, 0.05) is 15.7 Å². The lowest BCUT2D eigenvalue weighted by Gasteiger charge is -2.07. The molecule has 0 unspecified atom stereocenters. The number of benzene rings is 2. The van der Waals surface area contributed by atoms with Gasteiger partial charge in [-0.2, -0.15) is 15.0 Å². The number of rotatable bonds is 3. The van der Waals surface area contributed by atoms with Crippen LogP contribution in [-0.4, -0.2) is 15.0 Å². The predicted molar refractivity (Wildman–Crippen MR) is 95.0 cm³/mol. The van der Waals surface area contributed by atoms with Crippen LogP contribution in [0.2, 0.25) is 20.6 Å². The summed E-state index contributed by atoms with van der Waals surface area (Å²) < 4.78 is 0. The third-order valence-electron chi connectivity index (χ3n) is 2.92. The van der Waals surface area contributed by atoms with Crippen LogP contribution in [0.3, 0.4) is 0 Å². The zero-order valence-electron chi connectivity index (χ0n) is 11.4. The van der Waals surface area contributed by atoms with E-state index in [1.165, 1.54) is 0 Å². The summed E-state index contributed by atoms with van der Waals surface area (Å²) in [6.45, 7) is 0. The zero-order valence-corrected chi connectivity index (χ0v) is 14.4. The summed E-state index contributed by atoms with van der Waals surface area (Å²) in [6, 6.07) is 13.0. The smallest absolute Gasteiger partial charge is 0.232 e. The Hall–Kier alpha value is -1.59. The standard InChI is InChI=1S/C15H8Cl4N4/c16-10-5-9(6-11(17)7-10)8-1-3-12(4-2-8)20-15-22-13(18)21-14(19)23-15/h1-7H,(H,20,21,22,23). The van der Waals surface area contributed by atoms with E-state index >= 15 is 0 Å². The fraction of sp³-hybridized carbons (Fsp3) is 0. The van der Waals surface area contributed by atoms with Crippen LogP contribution in [0.1, 0.15) is 0 Å². The Kier molecular flexibility index (Phi) is 4.87. The van der Waals surface area contributed by atoms with Gasteiger partial charge in [0.15, 0.2) is 0 Å². The molecule has 1 heterocycles. The van der Waals surface area contributed by atoms with Gasteiger partial charge in [0.2, 0.25) is 16.5 Å². The molecule has 0 fully saturated rings. The van der Waals surface area contributed by atoms with Crippen LogP contribution in [0.15, 0.2) is 42.5 Å². The van der Waals surface area contributed by atoms with Crippen LogP contribution in [0.25, 0.3) is 11.1 Å². The molecule has 0 aliphatic heterocycles. The van der Waals surface area contributed by atoms with E-state index in [1.807, 2.05) is 36.4 Å². The molecule has 0 spiro atoms. The normalized spacial score (nSPS) is 10.6. The topological polar surface area (TPSA) is 50.7 Å². The van der Waals surface area contributed by atoms with Crippen molar-refractivity contribution in [3.05, 3.63) is 63.1 Å². The lowest BCUT2D eigenvalue weighted by atomic mass is 10.1. The van der Waals surface area contributed by atoms with Crippen LogP contribution < -0.4 is 5.32 Å². The van der Waals surface area contributed by atoms with Crippen molar-refractivity contribution < 1.29 is 0 Å². The second-order valence-electron chi connectivity index (χ2n) is 4.56. The molecule has 0 aliphatic rings. The van der Waals surface area contributed by atoms with Crippen molar-refractivity contribution in [1.82, 2.24) is 15.0 Å². The highest BCUT2D eigenvalue weighted by Gasteiger charge is 2.05. The first kappa shape index (κ1) is 16.3. The van der Waals surface area contributed by atoms with Gasteiger partial charge in [0.05, 0.1) is 0 Å². The lowest BCUT2D eigenvalue weighted by molar-refractivity contribution is 1.05. The van der Waals surface area contributed by atoms with E-state index in [4.69, 9.17) is 46.4 Å². The summed E-state index contributed by atoms with van der Waals surface area (Å²) in [5.74, 6) is 0.272. The number of hydrogen-bond acceptors (Lipinski definition) is 4. The van der Waals surface area contributed by atoms with Gasteiger partial charge < -0.3 is 5.32 Å². The van der Waals surface area contributed by atoms with Gasteiger partial charge in [-0.1, -0.05) is 35.3 Å². The Bertz CT molecular complexity index is 812. The summed E-state index contributed by atoms with van der Waals surface area (Å²) >= 11 is 23.5.